The molecule has 1 aliphatic carbocycles. The Labute approximate surface area is 172 Å². The number of rotatable bonds is 5. The summed E-state index contributed by atoms with van der Waals surface area (Å²) >= 11 is 0. The average Bonchev–Trinajstić information content (AvgIpc) is 2.70. The highest BCUT2D eigenvalue weighted by molar-refractivity contribution is 5.79. The highest BCUT2D eigenvalue weighted by atomic mass is 19.4. The molecule has 4 rings (SSSR count). The first-order valence-electron chi connectivity index (χ1n) is 10.2. The minimum absolute atomic E-state index is 0.0720. The van der Waals surface area contributed by atoms with E-state index in [0.29, 0.717) is 32.7 Å². The normalized spacial score (nSPS) is 25.5. The zero-order valence-corrected chi connectivity index (χ0v) is 16.5. The summed E-state index contributed by atoms with van der Waals surface area (Å²) in [5.41, 5.74) is -1.01. The predicted octanol–water partition coefficient (Wildman–Crippen LogP) is 2.10. The highest BCUT2D eigenvalue weighted by Gasteiger charge is 2.38. The van der Waals surface area contributed by atoms with Gasteiger partial charge < -0.3 is 24.4 Å². The van der Waals surface area contributed by atoms with Gasteiger partial charge in [-0.1, -0.05) is 6.42 Å². The second-order valence-electron chi connectivity index (χ2n) is 7.83. The van der Waals surface area contributed by atoms with Gasteiger partial charge in [0.25, 0.3) is 0 Å². The third-order valence-corrected chi connectivity index (χ3v) is 5.62. The fraction of sp³-hybridized carbons (Fsp3) is 0.737. The van der Waals surface area contributed by atoms with E-state index < -0.39 is 23.7 Å². The zero-order valence-electron chi connectivity index (χ0n) is 16.5. The second kappa shape index (κ2) is 8.93. The lowest BCUT2D eigenvalue weighted by Crippen LogP contribution is -2.45. The second-order valence-corrected chi connectivity index (χ2v) is 7.83. The molecule has 11 heteroatoms. The number of carbonyl (C=O) groups excluding carboxylic acids is 1. The van der Waals surface area contributed by atoms with E-state index >= 15 is 0 Å². The number of hydrogen-bond donors (Lipinski definition) is 1. The fourth-order valence-electron chi connectivity index (χ4n) is 3.93. The molecule has 0 unspecified atom stereocenters. The van der Waals surface area contributed by atoms with Crippen molar-refractivity contribution in [3.05, 3.63) is 11.8 Å². The van der Waals surface area contributed by atoms with Crippen molar-refractivity contribution in [2.75, 3.05) is 44.8 Å². The van der Waals surface area contributed by atoms with Crippen LogP contribution in [0.1, 0.15) is 31.2 Å². The summed E-state index contributed by atoms with van der Waals surface area (Å²) in [6.45, 7) is 2.76. The monoisotopic (exact) mass is 430 g/mol. The van der Waals surface area contributed by atoms with Crippen LogP contribution < -0.4 is 10.1 Å². The van der Waals surface area contributed by atoms with Crippen LogP contribution in [0.15, 0.2) is 6.20 Å². The number of nitrogens with zero attached hydrogens (tertiary/aromatic N) is 3. The molecule has 8 nitrogen and oxygen atoms in total. The molecule has 3 heterocycles. The molecule has 2 saturated heterocycles. The molecular weight excluding hydrogens is 405 g/mol. The molecule has 2 aliphatic heterocycles. The van der Waals surface area contributed by atoms with Crippen LogP contribution in [0, 0.1) is 5.92 Å². The molecule has 1 saturated carbocycles. The van der Waals surface area contributed by atoms with Crippen LogP contribution in [-0.2, 0) is 20.4 Å². The number of nitrogens with one attached hydrogen (secondary N) is 1. The Kier molecular flexibility index (Phi) is 6.28. The summed E-state index contributed by atoms with van der Waals surface area (Å²) in [6, 6.07) is -0.0923. The van der Waals surface area contributed by atoms with Gasteiger partial charge in [-0.15, -0.1) is 0 Å². The summed E-state index contributed by atoms with van der Waals surface area (Å²) in [5, 5.41) is 3.10. The summed E-state index contributed by atoms with van der Waals surface area (Å²) in [5.74, 6) is -0.424. The van der Waals surface area contributed by atoms with E-state index in [1.165, 1.54) is 0 Å². The highest BCUT2D eigenvalue weighted by Crippen LogP contribution is 2.36. The van der Waals surface area contributed by atoms with E-state index in [0.717, 1.165) is 25.5 Å². The maximum Gasteiger partial charge on any atom is 0.423 e. The predicted molar refractivity (Wildman–Crippen MR) is 99.0 cm³/mol. The van der Waals surface area contributed by atoms with E-state index in [2.05, 4.69) is 15.3 Å². The smallest absolute Gasteiger partial charge is 0.423 e. The van der Waals surface area contributed by atoms with Gasteiger partial charge in [0.15, 0.2) is 0 Å². The summed E-state index contributed by atoms with van der Waals surface area (Å²) in [6.07, 6.45) is -1.28. The van der Waals surface area contributed by atoms with Gasteiger partial charge in [0.05, 0.1) is 26.4 Å². The maximum absolute atomic E-state index is 13.3. The van der Waals surface area contributed by atoms with Gasteiger partial charge in [-0.25, -0.2) is 4.98 Å². The molecule has 1 aromatic heterocycles. The van der Waals surface area contributed by atoms with Crippen LogP contribution in [0.2, 0.25) is 0 Å². The van der Waals surface area contributed by atoms with E-state index in [9.17, 15) is 18.0 Å². The van der Waals surface area contributed by atoms with Crippen LogP contribution in [0.5, 0.6) is 5.88 Å². The Bertz CT molecular complexity index is 754. The molecule has 0 bridgehead atoms. The van der Waals surface area contributed by atoms with Crippen molar-refractivity contribution in [2.24, 2.45) is 5.92 Å². The van der Waals surface area contributed by atoms with Crippen LogP contribution >= 0.6 is 0 Å². The first-order valence-corrected chi connectivity index (χ1v) is 10.2. The molecule has 2 atom stereocenters. The van der Waals surface area contributed by atoms with Gasteiger partial charge in [0.1, 0.15) is 11.7 Å². The largest absolute Gasteiger partial charge is 0.469 e. The zero-order chi connectivity index (χ0) is 21.1. The van der Waals surface area contributed by atoms with Crippen molar-refractivity contribution >= 4 is 11.9 Å². The van der Waals surface area contributed by atoms with Crippen molar-refractivity contribution in [3.63, 3.8) is 0 Å². The van der Waals surface area contributed by atoms with Crippen molar-refractivity contribution in [3.8, 4) is 5.88 Å². The Hall–Kier alpha value is -2.14. The lowest BCUT2D eigenvalue weighted by atomic mass is 9.84. The van der Waals surface area contributed by atoms with Crippen molar-refractivity contribution in [1.82, 2.24) is 14.9 Å². The Morgan fingerprint density at radius 3 is 2.63 bits per heavy atom. The summed E-state index contributed by atoms with van der Waals surface area (Å²) in [4.78, 5) is 22.4. The number of hydrogen-bond acceptors (Lipinski definition) is 7. The number of morpholine rings is 1. The molecule has 1 N–H and O–H groups in total. The van der Waals surface area contributed by atoms with Crippen molar-refractivity contribution < 1.29 is 32.2 Å². The van der Waals surface area contributed by atoms with E-state index in [1.54, 1.807) is 0 Å². The van der Waals surface area contributed by atoms with Gasteiger partial charge in [-0.2, -0.15) is 18.2 Å². The molecule has 1 amide bonds. The minimum Gasteiger partial charge on any atom is -0.469 e. The number of anilines is 1. The lowest BCUT2D eigenvalue weighted by Gasteiger charge is -2.34. The first-order chi connectivity index (χ1) is 14.4. The fourth-order valence-corrected chi connectivity index (χ4v) is 3.93. The van der Waals surface area contributed by atoms with Crippen molar-refractivity contribution in [2.45, 2.75) is 44.0 Å². The van der Waals surface area contributed by atoms with Gasteiger partial charge in [0.2, 0.25) is 17.7 Å². The summed E-state index contributed by atoms with van der Waals surface area (Å²) < 4.78 is 55.4. The van der Waals surface area contributed by atoms with E-state index in [1.807, 2.05) is 4.90 Å². The number of carbonyl (C=O) groups is 1. The van der Waals surface area contributed by atoms with Gasteiger partial charge in [-0.05, 0) is 19.3 Å². The standard InChI is InChI=1S/C19H25F3N4O4/c20-19(21,22)15-9-23-18(25-16(15)30-14-10-29-11-14)24-13-3-1-2-12(8-13)17(27)26-4-6-28-7-5-26/h9,12-14H,1-8,10-11H2,(H,23,24,25)/t12-,13+/m0/s1. The molecule has 1 aromatic rings. The average molecular weight is 430 g/mol. The van der Waals surface area contributed by atoms with Gasteiger partial charge in [-0.3, -0.25) is 4.79 Å². The number of aromatic nitrogens is 2. The first kappa shape index (κ1) is 21.1. The van der Waals surface area contributed by atoms with E-state index in [-0.39, 0.29) is 37.0 Å². The quantitative estimate of drug-likeness (QED) is 0.766. The third-order valence-electron chi connectivity index (χ3n) is 5.62. The minimum atomic E-state index is -4.61. The van der Waals surface area contributed by atoms with Gasteiger partial charge >= 0.3 is 6.18 Å². The van der Waals surface area contributed by atoms with Gasteiger partial charge in [0, 0.05) is 31.2 Å². The molecule has 30 heavy (non-hydrogen) atoms. The Morgan fingerprint density at radius 2 is 1.97 bits per heavy atom. The van der Waals surface area contributed by atoms with Crippen LogP contribution in [0.25, 0.3) is 0 Å². The number of ether oxygens (including phenoxy) is 3. The van der Waals surface area contributed by atoms with Crippen LogP contribution in [-0.4, -0.2) is 72.4 Å². The topological polar surface area (TPSA) is 85.8 Å². The molecule has 0 spiro atoms. The molecule has 166 valence electrons. The molecular formula is C19H25F3N4O4. The maximum atomic E-state index is 13.3. The Morgan fingerprint density at radius 1 is 1.20 bits per heavy atom. The SMILES string of the molecule is O=C([C@H]1CCC[C@@H](Nc2ncc(C(F)(F)F)c(OC3COC3)n2)C1)N1CCOCC1. The molecule has 0 radical (unpaired) electrons. The Balaban J connectivity index is 1.42. The molecule has 3 fully saturated rings. The van der Waals surface area contributed by atoms with Crippen molar-refractivity contribution in [1.29, 1.82) is 0 Å². The summed E-state index contributed by atoms with van der Waals surface area (Å²) in [7, 11) is 0. The third kappa shape index (κ3) is 4.94. The lowest BCUT2D eigenvalue weighted by molar-refractivity contribution is -0.143. The number of halogens is 3. The van der Waals surface area contributed by atoms with Crippen LogP contribution in [0.4, 0.5) is 19.1 Å². The van der Waals surface area contributed by atoms with E-state index in [4.69, 9.17) is 14.2 Å². The molecule has 3 aliphatic rings. The number of alkyl halides is 3. The molecule has 0 aromatic carbocycles. The van der Waals surface area contributed by atoms with Crippen LogP contribution in [0.3, 0.4) is 0 Å². The number of amides is 1.